The Hall–Kier alpha value is -1.20. The average Bonchev–Trinajstić information content (AvgIpc) is 2.87. The van der Waals surface area contributed by atoms with E-state index in [1.807, 2.05) is 32.2 Å². The highest BCUT2D eigenvalue weighted by atomic mass is 79.9. The number of aromatic nitrogens is 1. The molecule has 3 nitrogen and oxygen atoms in total. The van der Waals surface area contributed by atoms with Crippen molar-refractivity contribution in [3.8, 4) is 0 Å². The summed E-state index contributed by atoms with van der Waals surface area (Å²) in [6.45, 7) is 3.93. The zero-order valence-corrected chi connectivity index (χ0v) is 13.9. The van der Waals surface area contributed by atoms with E-state index in [1.54, 1.807) is 0 Å². The highest BCUT2D eigenvalue weighted by Crippen LogP contribution is 2.22. The van der Waals surface area contributed by atoms with Gasteiger partial charge in [-0.2, -0.15) is 0 Å². The minimum Gasteiger partial charge on any atom is -0.302 e. The Morgan fingerprint density at radius 2 is 2.10 bits per heavy atom. The van der Waals surface area contributed by atoms with Gasteiger partial charge < -0.3 is 5.32 Å². The molecule has 0 fully saturated rings. The van der Waals surface area contributed by atoms with E-state index < -0.39 is 0 Å². The topological polar surface area (TPSA) is 42.0 Å². The standard InChI is InChI=1S/C15H17BrN2OS/c1-3-10(2)14(19)18-15-17-9-13(20-15)8-11-4-6-12(16)7-5-11/h4-7,9-10H,3,8H2,1-2H3,(H,17,18,19)/t10-/m0/s1. The van der Waals surface area contributed by atoms with E-state index in [4.69, 9.17) is 0 Å². The summed E-state index contributed by atoms with van der Waals surface area (Å²) < 4.78 is 1.08. The van der Waals surface area contributed by atoms with Gasteiger partial charge in [0, 0.05) is 27.9 Å². The highest BCUT2D eigenvalue weighted by molar-refractivity contribution is 9.10. The Balaban J connectivity index is 1.98. The molecule has 2 aromatic rings. The van der Waals surface area contributed by atoms with Gasteiger partial charge in [-0.3, -0.25) is 4.79 Å². The van der Waals surface area contributed by atoms with Crippen LogP contribution in [-0.4, -0.2) is 10.9 Å². The average molecular weight is 353 g/mol. The molecule has 0 aliphatic heterocycles. The summed E-state index contributed by atoms with van der Waals surface area (Å²) in [5.41, 5.74) is 1.23. The Morgan fingerprint density at radius 1 is 1.40 bits per heavy atom. The maximum absolute atomic E-state index is 11.8. The molecule has 1 aromatic heterocycles. The van der Waals surface area contributed by atoms with E-state index in [-0.39, 0.29) is 11.8 Å². The van der Waals surface area contributed by atoms with Crippen LogP contribution in [0.1, 0.15) is 30.7 Å². The molecule has 0 spiro atoms. The lowest BCUT2D eigenvalue weighted by molar-refractivity contribution is -0.119. The lowest BCUT2D eigenvalue weighted by Crippen LogP contribution is -2.19. The summed E-state index contributed by atoms with van der Waals surface area (Å²) >= 11 is 4.96. The van der Waals surface area contributed by atoms with Gasteiger partial charge in [-0.05, 0) is 24.1 Å². The van der Waals surface area contributed by atoms with Crippen molar-refractivity contribution in [2.75, 3.05) is 5.32 Å². The molecular weight excluding hydrogens is 336 g/mol. The number of halogens is 1. The lowest BCUT2D eigenvalue weighted by Gasteiger charge is -2.06. The molecule has 106 valence electrons. The van der Waals surface area contributed by atoms with Crippen molar-refractivity contribution in [2.24, 2.45) is 5.92 Å². The van der Waals surface area contributed by atoms with Crippen molar-refractivity contribution in [3.05, 3.63) is 45.4 Å². The fraction of sp³-hybridized carbons (Fsp3) is 0.333. The summed E-state index contributed by atoms with van der Waals surface area (Å²) in [5, 5.41) is 3.55. The molecule has 0 saturated carbocycles. The van der Waals surface area contributed by atoms with Crippen molar-refractivity contribution >= 4 is 38.3 Å². The largest absolute Gasteiger partial charge is 0.302 e. The maximum Gasteiger partial charge on any atom is 0.228 e. The lowest BCUT2D eigenvalue weighted by atomic mass is 10.1. The quantitative estimate of drug-likeness (QED) is 0.861. The monoisotopic (exact) mass is 352 g/mol. The fourth-order valence-electron chi connectivity index (χ4n) is 1.66. The summed E-state index contributed by atoms with van der Waals surface area (Å²) in [6, 6.07) is 8.23. The molecule has 5 heteroatoms. The van der Waals surface area contributed by atoms with Crippen LogP contribution in [0.15, 0.2) is 34.9 Å². The van der Waals surface area contributed by atoms with Crippen LogP contribution >= 0.6 is 27.3 Å². The molecular formula is C15H17BrN2OS. The van der Waals surface area contributed by atoms with Crippen molar-refractivity contribution in [1.82, 2.24) is 4.98 Å². The number of carbonyl (C=O) groups is 1. The summed E-state index contributed by atoms with van der Waals surface area (Å²) in [6.07, 6.45) is 3.51. The number of amides is 1. The maximum atomic E-state index is 11.8. The van der Waals surface area contributed by atoms with Crippen LogP contribution in [0.25, 0.3) is 0 Å². The van der Waals surface area contributed by atoms with Gasteiger partial charge in [0.1, 0.15) is 0 Å². The van der Waals surface area contributed by atoms with Crippen LogP contribution < -0.4 is 5.32 Å². The van der Waals surface area contributed by atoms with Gasteiger partial charge in [0.15, 0.2) is 5.13 Å². The number of hydrogen-bond donors (Lipinski definition) is 1. The third-order valence-corrected chi connectivity index (χ3v) is 4.58. The zero-order valence-electron chi connectivity index (χ0n) is 11.5. The molecule has 1 amide bonds. The first-order chi connectivity index (χ1) is 9.58. The molecule has 1 atom stereocenters. The van der Waals surface area contributed by atoms with Gasteiger partial charge in [-0.25, -0.2) is 4.98 Å². The van der Waals surface area contributed by atoms with E-state index in [0.29, 0.717) is 5.13 Å². The van der Waals surface area contributed by atoms with E-state index in [2.05, 4.69) is 38.4 Å². The Bertz CT molecular complexity index is 580. The van der Waals surface area contributed by atoms with Crippen molar-refractivity contribution in [2.45, 2.75) is 26.7 Å². The summed E-state index contributed by atoms with van der Waals surface area (Å²) in [7, 11) is 0. The first-order valence-corrected chi connectivity index (χ1v) is 8.19. The van der Waals surface area contributed by atoms with Gasteiger partial charge in [0.2, 0.25) is 5.91 Å². The van der Waals surface area contributed by atoms with Crippen LogP contribution in [0.2, 0.25) is 0 Å². The van der Waals surface area contributed by atoms with Crippen molar-refractivity contribution < 1.29 is 4.79 Å². The van der Waals surface area contributed by atoms with Crippen molar-refractivity contribution in [1.29, 1.82) is 0 Å². The molecule has 0 aliphatic rings. The van der Waals surface area contributed by atoms with Gasteiger partial charge >= 0.3 is 0 Å². The predicted octanol–water partition coefficient (Wildman–Crippen LogP) is 4.48. The van der Waals surface area contributed by atoms with Crippen LogP contribution in [-0.2, 0) is 11.2 Å². The highest BCUT2D eigenvalue weighted by Gasteiger charge is 2.12. The number of anilines is 1. The van der Waals surface area contributed by atoms with Crippen LogP contribution in [0.3, 0.4) is 0 Å². The van der Waals surface area contributed by atoms with Gasteiger partial charge in [0.05, 0.1) is 0 Å². The van der Waals surface area contributed by atoms with Gasteiger partial charge in [-0.1, -0.05) is 41.9 Å². The van der Waals surface area contributed by atoms with E-state index in [0.717, 1.165) is 22.2 Å². The number of benzene rings is 1. The third-order valence-electron chi connectivity index (χ3n) is 3.14. The zero-order chi connectivity index (χ0) is 14.5. The first-order valence-electron chi connectivity index (χ1n) is 6.58. The normalized spacial score (nSPS) is 12.2. The van der Waals surface area contributed by atoms with Crippen molar-refractivity contribution in [3.63, 3.8) is 0 Å². The molecule has 0 aliphatic carbocycles. The van der Waals surface area contributed by atoms with Crippen LogP contribution in [0, 0.1) is 5.92 Å². The first kappa shape index (κ1) is 15.2. The predicted molar refractivity (Wildman–Crippen MR) is 87.1 cm³/mol. The molecule has 0 bridgehead atoms. The van der Waals surface area contributed by atoms with Crippen LogP contribution in [0.4, 0.5) is 5.13 Å². The Morgan fingerprint density at radius 3 is 2.75 bits per heavy atom. The molecule has 1 heterocycles. The molecule has 0 unspecified atom stereocenters. The SMILES string of the molecule is CC[C@H](C)C(=O)Nc1ncc(Cc2ccc(Br)cc2)s1. The summed E-state index contributed by atoms with van der Waals surface area (Å²) in [5.74, 6) is 0.0610. The van der Waals surface area contributed by atoms with Gasteiger partial charge in [0.25, 0.3) is 0 Å². The molecule has 0 radical (unpaired) electrons. The molecule has 2 rings (SSSR count). The Kier molecular flexibility index (Phi) is 5.31. The summed E-state index contributed by atoms with van der Waals surface area (Å²) in [4.78, 5) is 17.2. The molecule has 1 N–H and O–H groups in total. The number of nitrogens with zero attached hydrogens (tertiary/aromatic N) is 1. The molecule has 20 heavy (non-hydrogen) atoms. The number of thiazole rings is 1. The number of rotatable bonds is 5. The number of carbonyl (C=O) groups excluding carboxylic acids is 1. The number of hydrogen-bond acceptors (Lipinski definition) is 3. The second-order valence-corrected chi connectivity index (χ2v) is 6.76. The Labute approximate surface area is 131 Å². The van der Waals surface area contributed by atoms with E-state index >= 15 is 0 Å². The number of nitrogens with one attached hydrogen (secondary N) is 1. The minimum atomic E-state index is 0.0221. The molecule has 1 aromatic carbocycles. The van der Waals surface area contributed by atoms with Crippen LogP contribution in [0.5, 0.6) is 0 Å². The van der Waals surface area contributed by atoms with Gasteiger partial charge in [-0.15, -0.1) is 11.3 Å². The van der Waals surface area contributed by atoms with E-state index in [9.17, 15) is 4.79 Å². The third kappa shape index (κ3) is 4.15. The van der Waals surface area contributed by atoms with E-state index in [1.165, 1.54) is 16.9 Å². The minimum absolute atomic E-state index is 0.0221. The smallest absolute Gasteiger partial charge is 0.228 e. The second kappa shape index (κ2) is 6.99. The fourth-order valence-corrected chi connectivity index (χ4v) is 2.78. The second-order valence-electron chi connectivity index (χ2n) is 4.73. The molecule has 0 saturated heterocycles.